The van der Waals surface area contributed by atoms with Crippen molar-refractivity contribution in [1.29, 1.82) is 0 Å². The molecule has 1 heterocycles. The van der Waals surface area contributed by atoms with E-state index in [0.717, 1.165) is 29.8 Å². The molecule has 4 nitrogen and oxygen atoms in total. The molecule has 1 amide bonds. The summed E-state index contributed by atoms with van der Waals surface area (Å²) in [6, 6.07) is 5.73. The van der Waals surface area contributed by atoms with Crippen molar-refractivity contribution in [3.63, 3.8) is 0 Å². The molecule has 0 fully saturated rings. The van der Waals surface area contributed by atoms with E-state index in [-0.39, 0.29) is 5.91 Å². The molecule has 0 saturated carbocycles. The fourth-order valence-electron chi connectivity index (χ4n) is 2.11. The van der Waals surface area contributed by atoms with Crippen LogP contribution in [0.15, 0.2) is 18.2 Å². The van der Waals surface area contributed by atoms with Crippen LogP contribution in [0.5, 0.6) is 5.75 Å². The van der Waals surface area contributed by atoms with E-state index in [4.69, 9.17) is 4.74 Å². The quantitative estimate of drug-likeness (QED) is 0.803. The summed E-state index contributed by atoms with van der Waals surface area (Å²) in [6.07, 6.45) is 1.08. The van der Waals surface area contributed by atoms with E-state index in [1.165, 1.54) is 0 Å². The first-order valence-electron chi connectivity index (χ1n) is 6.43. The Morgan fingerprint density at radius 1 is 1.50 bits per heavy atom. The van der Waals surface area contributed by atoms with Crippen molar-refractivity contribution in [2.24, 2.45) is 5.92 Å². The van der Waals surface area contributed by atoms with Crippen molar-refractivity contribution in [2.75, 3.05) is 20.2 Å². The summed E-state index contributed by atoms with van der Waals surface area (Å²) in [4.78, 5) is 11.5. The fraction of sp³-hybridized carbons (Fsp3) is 0.500. The van der Waals surface area contributed by atoms with Crippen LogP contribution in [0.4, 0.5) is 0 Å². The molecule has 0 saturated heterocycles. The van der Waals surface area contributed by atoms with Crippen LogP contribution in [0.25, 0.3) is 0 Å². The minimum atomic E-state index is -0.00211. The molecule has 0 bridgehead atoms. The van der Waals surface area contributed by atoms with Gasteiger partial charge in [0.1, 0.15) is 5.75 Å². The number of fused-ring (bicyclic) bond motifs is 1. The maximum atomic E-state index is 11.5. The van der Waals surface area contributed by atoms with Gasteiger partial charge in [-0.15, -0.1) is 0 Å². The molecule has 2 rings (SSSR count). The van der Waals surface area contributed by atoms with Crippen LogP contribution in [-0.2, 0) is 6.54 Å². The Labute approximate surface area is 108 Å². The van der Waals surface area contributed by atoms with Gasteiger partial charge < -0.3 is 15.4 Å². The number of carbonyl (C=O) groups is 1. The molecule has 0 spiro atoms. The van der Waals surface area contributed by atoms with Gasteiger partial charge in [-0.1, -0.05) is 13.0 Å². The lowest BCUT2D eigenvalue weighted by Gasteiger charge is -2.15. The summed E-state index contributed by atoms with van der Waals surface area (Å²) in [5.74, 6) is 1.27. The number of benzene rings is 1. The minimum Gasteiger partial charge on any atom is -0.493 e. The van der Waals surface area contributed by atoms with Gasteiger partial charge in [0.25, 0.3) is 5.91 Å². The smallest absolute Gasteiger partial charge is 0.252 e. The maximum absolute atomic E-state index is 11.5. The first kappa shape index (κ1) is 12.9. The predicted octanol–water partition coefficient (Wildman–Crippen LogP) is 1.55. The zero-order chi connectivity index (χ0) is 13.0. The number of hydrogen-bond donors (Lipinski definition) is 2. The van der Waals surface area contributed by atoms with Gasteiger partial charge in [0.05, 0.1) is 6.61 Å². The molecule has 1 aromatic rings. The summed E-state index contributed by atoms with van der Waals surface area (Å²) in [5, 5.41) is 5.96. The summed E-state index contributed by atoms with van der Waals surface area (Å²) >= 11 is 0. The van der Waals surface area contributed by atoms with Gasteiger partial charge in [0.2, 0.25) is 0 Å². The highest BCUT2D eigenvalue weighted by atomic mass is 16.5. The SMILES string of the molecule is CCC(CNC)COc1ccc2c(c1)C(=O)NC2. The number of rotatable bonds is 6. The van der Waals surface area contributed by atoms with Crippen molar-refractivity contribution in [3.8, 4) is 5.75 Å². The lowest BCUT2D eigenvalue weighted by molar-refractivity contribution is 0.0965. The van der Waals surface area contributed by atoms with Crippen molar-refractivity contribution in [3.05, 3.63) is 29.3 Å². The van der Waals surface area contributed by atoms with Crippen LogP contribution in [0.2, 0.25) is 0 Å². The predicted molar refractivity (Wildman–Crippen MR) is 70.8 cm³/mol. The first-order chi connectivity index (χ1) is 8.74. The van der Waals surface area contributed by atoms with Crippen molar-refractivity contribution >= 4 is 5.91 Å². The van der Waals surface area contributed by atoms with Gasteiger partial charge >= 0.3 is 0 Å². The van der Waals surface area contributed by atoms with Gasteiger partial charge in [0.15, 0.2) is 0 Å². The Bertz CT molecular complexity index is 432. The molecule has 98 valence electrons. The molecule has 18 heavy (non-hydrogen) atoms. The normalized spacial score (nSPS) is 15.1. The van der Waals surface area contributed by atoms with E-state index in [9.17, 15) is 4.79 Å². The topological polar surface area (TPSA) is 50.4 Å². The molecule has 0 radical (unpaired) electrons. The van der Waals surface area contributed by atoms with E-state index in [1.807, 2.05) is 25.2 Å². The Hall–Kier alpha value is -1.55. The standard InChI is InChI=1S/C14H20N2O2/c1-3-10(7-15-2)9-18-12-5-4-11-8-16-14(17)13(11)6-12/h4-6,10,15H,3,7-9H2,1-2H3,(H,16,17). The molecule has 0 aliphatic carbocycles. The summed E-state index contributed by atoms with van der Waals surface area (Å²) in [7, 11) is 1.95. The molecular formula is C14H20N2O2. The van der Waals surface area contributed by atoms with Crippen molar-refractivity contribution in [1.82, 2.24) is 10.6 Å². The molecule has 1 aliphatic heterocycles. The van der Waals surface area contributed by atoms with E-state index in [0.29, 0.717) is 19.1 Å². The molecule has 1 aliphatic rings. The number of ether oxygens (including phenoxy) is 1. The molecule has 0 aromatic heterocycles. The second-order valence-corrected chi connectivity index (χ2v) is 4.64. The van der Waals surface area contributed by atoms with Gasteiger partial charge in [-0.2, -0.15) is 0 Å². The Morgan fingerprint density at radius 2 is 2.33 bits per heavy atom. The number of nitrogens with one attached hydrogen (secondary N) is 2. The largest absolute Gasteiger partial charge is 0.493 e. The zero-order valence-electron chi connectivity index (χ0n) is 11.0. The molecule has 1 unspecified atom stereocenters. The lowest BCUT2D eigenvalue weighted by atomic mass is 10.1. The summed E-state index contributed by atoms with van der Waals surface area (Å²) in [6.45, 7) is 4.41. The molecule has 2 N–H and O–H groups in total. The van der Waals surface area contributed by atoms with Crippen LogP contribution in [0.1, 0.15) is 29.3 Å². The average molecular weight is 248 g/mol. The van der Waals surface area contributed by atoms with Crippen molar-refractivity contribution in [2.45, 2.75) is 19.9 Å². The number of amides is 1. The third-order valence-corrected chi connectivity index (χ3v) is 3.32. The van der Waals surface area contributed by atoms with Crippen LogP contribution in [0.3, 0.4) is 0 Å². The van der Waals surface area contributed by atoms with E-state index in [2.05, 4.69) is 17.6 Å². The van der Waals surface area contributed by atoms with Crippen LogP contribution < -0.4 is 15.4 Å². The Balaban J connectivity index is 1.98. The number of carbonyl (C=O) groups excluding carboxylic acids is 1. The fourth-order valence-corrected chi connectivity index (χ4v) is 2.11. The van der Waals surface area contributed by atoms with Crippen molar-refractivity contribution < 1.29 is 9.53 Å². The van der Waals surface area contributed by atoms with E-state index in [1.54, 1.807) is 0 Å². The van der Waals surface area contributed by atoms with Gasteiger partial charge in [-0.25, -0.2) is 0 Å². The molecular weight excluding hydrogens is 228 g/mol. The molecule has 4 heteroatoms. The Morgan fingerprint density at radius 3 is 3.06 bits per heavy atom. The zero-order valence-corrected chi connectivity index (χ0v) is 11.0. The maximum Gasteiger partial charge on any atom is 0.252 e. The highest BCUT2D eigenvalue weighted by Crippen LogP contribution is 2.22. The first-order valence-corrected chi connectivity index (χ1v) is 6.43. The third-order valence-electron chi connectivity index (χ3n) is 3.32. The summed E-state index contributed by atoms with van der Waals surface area (Å²) in [5.41, 5.74) is 1.80. The Kier molecular flexibility index (Phi) is 4.20. The average Bonchev–Trinajstić information content (AvgIpc) is 2.76. The highest BCUT2D eigenvalue weighted by molar-refractivity contribution is 5.98. The van der Waals surface area contributed by atoms with Crippen LogP contribution in [-0.4, -0.2) is 26.1 Å². The second-order valence-electron chi connectivity index (χ2n) is 4.64. The van der Waals surface area contributed by atoms with E-state index >= 15 is 0 Å². The summed E-state index contributed by atoms with van der Waals surface area (Å²) < 4.78 is 5.77. The molecule has 1 atom stereocenters. The highest BCUT2D eigenvalue weighted by Gasteiger charge is 2.19. The van der Waals surface area contributed by atoms with Gasteiger partial charge in [-0.3, -0.25) is 4.79 Å². The lowest BCUT2D eigenvalue weighted by Crippen LogP contribution is -2.23. The van der Waals surface area contributed by atoms with Crippen LogP contribution in [0, 0.1) is 5.92 Å². The monoisotopic (exact) mass is 248 g/mol. The second kappa shape index (κ2) is 5.87. The minimum absolute atomic E-state index is 0.00211. The van der Waals surface area contributed by atoms with Crippen LogP contribution >= 0.6 is 0 Å². The van der Waals surface area contributed by atoms with Gasteiger partial charge in [-0.05, 0) is 31.2 Å². The molecule has 1 aromatic carbocycles. The number of hydrogen-bond acceptors (Lipinski definition) is 3. The third kappa shape index (κ3) is 2.82. The van der Waals surface area contributed by atoms with E-state index < -0.39 is 0 Å². The van der Waals surface area contributed by atoms with Gasteiger partial charge in [0, 0.05) is 24.6 Å².